The molecule has 4 rings (SSSR count). The van der Waals surface area contributed by atoms with E-state index in [-0.39, 0.29) is 23.8 Å². The molecule has 0 radical (unpaired) electrons. The van der Waals surface area contributed by atoms with Gasteiger partial charge in [-0.15, -0.1) is 0 Å². The lowest BCUT2D eigenvalue weighted by atomic mass is 10.2. The normalized spacial score (nSPS) is 13.2. The Balaban J connectivity index is 0.00000127. The fourth-order valence-corrected chi connectivity index (χ4v) is 4.16. The minimum Gasteiger partial charge on any atom is -0.478 e. The molecule has 0 spiro atoms. The number of carbonyl (C=O) groups is 1. The minimum atomic E-state index is -0.317. The molecule has 3 aromatic rings. The van der Waals surface area contributed by atoms with Crippen LogP contribution in [0.4, 0.5) is 17.5 Å². The van der Waals surface area contributed by atoms with Crippen LogP contribution in [-0.2, 0) is 11.8 Å². The van der Waals surface area contributed by atoms with Crippen LogP contribution in [0.2, 0.25) is 5.02 Å². The summed E-state index contributed by atoms with van der Waals surface area (Å²) >= 11 is 6.41. The molecule has 1 fully saturated rings. The average molecular weight is 560 g/mol. The summed E-state index contributed by atoms with van der Waals surface area (Å²) in [5.74, 6) is 0.919. The summed E-state index contributed by atoms with van der Waals surface area (Å²) in [6.45, 7) is 15.8. The van der Waals surface area contributed by atoms with Crippen LogP contribution in [0.1, 0.15) is 41.5 Å². The minimum absolute atomic E-state index is 0.101. The lowest BCUT2D eigenvalue weighted by Gasteiger charge is -2.36. The van der Waals surface area contributed by atoms with Gasteiger partial charge in [0, 0.05) is 57.4 Å². The molecule has 0 saturated carbocycles. The third-order valence-corrected chi connectivity index (χ3v) is 6.43. The second kappa shape index (κ2) is 15.3. The summed E-state index contributed by atoms with van der Waals surface area (Å²) in [5, 5.41) is 6.91. The van der Waals surface area contributed by atoms with Crippen molar-refractivity contribution in [2.24, 2.45) is 7.05 Å². The van der Waals surface area contributed by atoms with Gasteiger partial charge in [-0.05, 0) is 38.1 Å². The highest BCUT2D eigenvalue weighted by Gasteiger charge is 2.21. The molecule has 0 aliphatic carbocycles. The number of likely N-dealkylation sites (N-methyl/N-ethyl adjacent to an activating group) is 1. The number of fused-ring (bicyclic) bond motifs is 1. The van der Waals surface area contributed by atoms with Gasteiger partial charge in [0.1, 0.15) is 5.02 Å². The molecular formula is C28H42ClN7O3. The highest BCUT2D eigenvalue weighted by molar-refractivity contribution is 6.32. The smallest absolute Gasteiger partial charge is 0.293 e. The number of benzene rings is 1. The maximum Gasteiger partial charge on any atom is 0.293 e. The van der Waals surface area contributed by atoms with E-state index >= 15 is 0 Å². The van der Waals surface area contributed by atoms with Crippen molar-refractivity contribution in [3.63, 3.8) is 0 Å². The lowest BCUT2D eigenvalue weighted by molar-refractivity contribution is -0.122. The van der Waals surface area contributed by atoms with Crippen molar-refractivity contribution >= 4 is 45.9 Å². The van der Waals surface area contributed by atoms with Gasteiger partial charge in [-0.3, -0.25) is 14.5 Å². The number of hydrogen-bond donors (Lipinski definition) is 2. The van der Waals surface area contributed by atoms with Crippen molar-refractivity contribution in [3.8, 4) is 5.75 Å². The Labute approximate surface area is 236 Å². The first-order chi connectivity index (χ1) is 18.8. The summed E-state index contributed by atoms with van der Waals surface area (Å²) in [4.78, 5) is 37.8. The molecule has 1 aliphatic rings. The molecule has 39 heavy (non-hydrogen) atoms. The Bertz CT molecular complexity index is 1290. The number of amides is 1. The van der Waals surface area contributed by atoms with E-state index < -0.39 is 0 Å². The summed E-state index contributed by atoms with van der Waals surface area (Å²) in [5.41, 5.74) is 1.15. The summed E-state index contributed by atoms with van der Waals surface area (Å²) < 4.78 is 6.94. The van der Waals surface area contributed by atoms with E-state index in [0.29, 0.717) is 22.8 Å². The van der Waals surface area contributed by atoms with Crippen molar-refractivity contribution < 1.29 is 9.53 Å². The van der Waals surface area contributed by atoms with Crippen molar-refractivity contribution in [1.29, 1.82) is 0 Å². The van der Waals surface area contributed by atoms with Gasteiger partial charge in [0.2, 0.25) is 5.95 Å². The first-order valence-corrected chi connectivity index (χ1v) is 13.9. The number of carbonyl (C=O) groups excluding carboxylic acids is 1. The second-order valence-corrected chi connectivity index (χ2v) is 9.12. The van der Waals surface area contributed by atoms with Crippen LogP contribution < -0.4 is 25.8 Å². The quantitative estimate of drug-likeness (QED) is 0.438. The molecule has 1 aromatic carbocycles. The SMILES string of the molecule is CC.CC.CNC(=O)COc1cc2cc(Nc3nc(N4CCN(C(C)C)CC4)ncc3Cl)ccc2n(C)c1=O. The first kappa shape index (κ1) is 31.8. The Kier molecular flexibility index (Phi) is 12.5. The Morgan fingerprint density at radius 1 is 1.10 bits per heavy atom. The third kappa shape index (κ3) is 8.06. The number of aryl methyl sites for hydroxylation is 1. The maximum atomic E-state index is 12.6. The number of nitrogens with zero attached hydrogens (tertiary/aromatic N) is 5. The van der Waals surface area contributed by atoms with E-state index in [0.717, 1.165) is 42.8 Å². The molecule has 10 nitrogen and oxygen atoms in total. The van der Waals surface area contributed by atoms with Crippen molar-refractivity contribution in [2.75, 3.05) is 50.1 Å². The third-order valence-electron chi connectivity index (χ3n) is 6.15. The zero-order chi connectivity index (χ0) is 29.1. The van der Waals surface area contributed by atoms with Crippen LogP contribution >= 0.6 is 11.6 Å². The Morgan fingerprint density at radius 3 is 2.38 bits per heavy atom. The molecule has 2 N–H and O–H groups in total. The Hall–Kier alpha value is -3.37. The molecule has 0 atom stereocenters. The number of hydrogen-bond acceptors (Lipinski definition) is 8. The summed E-state index contributed by atoms with van der Waals surface area (Å²) in [6, 6.07) is 7.71. The molecular weight excluding hydrogens is 518 g/mol. The van der Waals surface area contributed by atoms with Gasteiger partial charge >= 0.3 is 0 Å². The maximum absolute atomic E-state index is 12.6. The number of aromatic nitrogens is 3. The van der Waals surface area contributed by atoms with Gasteiger partial charge in [0.15, 0.2) is 18.2 Å². The number of pyridine rings is 1. The largest absolute Gasteiger partial charge is 0.478 e. The fraction of sp³-hybridized carbons (Fsp3) is 0.500. The van der Waals surface area contributed by atoms with Crippen LogP contribution in [-0.4, -0.2) is 71.2 Å². The standard InChI is InChI=1S/C24H30ClN7O3.2C2H6/c1-15(2)31-7-9-32(10-8-31)24-27-13-18(25)22(29-24)28-17-5-6-19-16(11-17)12-20(23(34)30(19)4)35-14-21(33)26-3;2*1-2/h5-6,11-13,15H,7-10,14H2,1-4H3,(H,26,33)(H,27,28,29);2*1-2H3. The van der Waals surface area contributed by atoms with Crippen LogP contribution in [0.5, 0.6) is 5.75 Å². The predicted molar refractivity (Wildman–Crippen MR) is 161 cm³/mol. The zero-order valence-corrected chi connectivity index (χ0v) is 25.1. The van der Waals surface area contributed by atoms with E-state index in [4.69, 9.17) is 16.3 Å². The zero-order valence-electron chi connectivity index (χ0n) is 24.3. The summed E-state index contributed by atoms with van der Waals surface area (Å²) in [7, 11) is 3.18. The van der Waals surface area contributed by atoms with Crippen LogP contribution in [0.25, 0.3) is 10.9 Å². The number of anilines is 3. The fourth-order valence-electron chi connectivity index (χ4n) is 4.02. The molecule has 1 amide bonds. The number of nitrogens with one attached hydrogen (secondary N) is 2. The predicted octanol–water partition coefficient (Wildman–Crippen LogP) is 4.43. The van der Waals surface area contributed by atoms with E-state index in [9.17, 15) is 9.59 Å². The second-order valence-electron chi connectivity index (χ2n) is 8.72. The highest BCUT2D eigenvalue weighted by atomic mass is 35.5. The van der Waals surface area contributed by atoms with Gasteiger partial charge in [0.05, 0.1) is 11.7 Å². The topological polar surface area (TPSA) is 105 Å². The number of rotatable bonds is 7. The molecule has 2 aromatic heterocycles. The number of halogens is 1. The van der Waals surface area contributed by atoms with E-state index in [2.05, 4.69) is 44.2 Å². The van der Waals surface area contributed by atoms with E-state index in [1.165, 1.54) is 11.6 Å². The van der Waals surface area contributed by atoms with Gasteiger partial charge in [-0.25, -0.2) is 4.98 Å². The monoisotopic (exact) mass is 559 g/mol. The van der Waals surface area contributed by atoms with Crippen molar-refractivity contribution in [1.82, 2.24) is 24.8 Å². The molecule has 1 saturated heterocycles. The first-order valence-electron chi connectivity index (χ1n) is 13.5. The number of piperazine rings is 1. The van der Waals surface area contributed by atoms with Crippen molar-refractivity contribution in [2.45, 2.75) is 47.6 Å². The molecule has 3 heterocycles. The highest BCUT2D eigenvalue weighted by Crippen LogP contribution is 2.28. The number of ether oxygens (including phenoxy) is 1. The van der Waals surface area contributed by atoms with Gasteiger partial charge in [-0.1, -0.05) is 39.3 Å². The molecule has 11 heteroatoms. The molecule has 1 aliphatic heterocycles. The van der Waals surface area contributed by atoms with Gasteiger partial charge in [-0.2, -0.15) is 4.98 Å². The Morgan fingerprint density at radius 2 is 1.77 bits per heavy atom. The molecule has 0 bridgehead atoms. The van der Waals surface area contributed by atoms with E-state index in [1.54, 1.807) is 19.3 Å². The van der Waals surface area contributed by atoms with Gasteiger partial charge in [0.25, 0.3) is 11.5 Å². The van der Waals surface area contributed by atoms with Crippen LogP contribution in [0.3, 0.4) is 0 Å². The average Bonchev–Trinajstić information content (AvgIpc) is 2.97. The van der Waals surface area contributed by atoms with E-state index in [1.807, 2.05) is 45.9 Å². The van der Waals surface area contributed by atoms with Crippen LogP contribution in [0.15, 0.2) is 35.3 Å². The summed E-state index contributed by atoms with van der Waals surface area (Å²) in [6.07, 6.45) is 1.61. The lowest BCUT2D eigenvalue weighted by Crippen LogP contribution is -2.49. The van der Waals surface area contributed by atoms with Crippen molar-refractivity contribution in [3.05, 3.63) is 45.8 Å². The molecule has 0 unspecified atom stereocenters. The molecule has 214 valence electrons. The van der Waals surface area contributed by atoms with Crippen LogP contribution in [0, 0.1) is 0 Å². The van der Waals surface area contributed by atoms with Gasteiger partial charge < -0.3 is 24.8 Å².